The van der Waals surface area contributed by atoms with Gasteiger partial charge in [-0.2, -0.15) is 39.9 Å². The number of nitrogens with one attached hydrogen (secondary N) is 6. The molecular formula is C24H42N18O6. The fraction of sp³-hybridized carbons (Fsp3) is 0.500. The Kier molecular flexibility index (Phi) is 18.3. The first-order valence-electron chi connectivity index (χ1n) is 13.5. The van der Waals surface area contributed by atoms with Gasteiger partial charge in [-0.15, -0.1) is 19.9 Å². The second-order valence-corrected chi connectivity index (χ2v) is 7.70. The summed E-state index contributed by atoms with van der Waals surface area (Å²) in [5.74, 6) is 2.99. The van der Waals surface area contributed by atoms with Gasteiger partial charge < -0.3 is 60.3 Å². The second-order valence-electron chi connectivity index (χ2n) is 7.70. The Morgan fingerprint density at radius 1 is 0.250 bits per heavy atom. The maximum absolute atomic E-state index is 4.86. The van der Waals surface area contributed by atoms with Crippen LogP contribution < -0.4 is 60.3 Å². The minimum absolute atomic E-state index is 0.165. The molecule has 0 aromatic carbocycles. The summed E-state index contributed by atoms with van der Waals surface area (Å²) in [5, 5.41) is 16.8. The fourth-order valence-electron chi connectivity index (χ4n) is 2.61. The first-order chi connectivity index (χ1) is 23.2. The van der Waals surface area contributed by atoms with E-state index in [0.29, 0.717) is 41.7 Å². The van der Waals surface area contributed by atoms with Crippen LogP contribution in [0, 0.1) is 0 Å². The van der Waals surface area contributed by atoms with Gasteiger partial charge in [0.2, 0.25) is 35.7 Å². The van der Waals surface area contributed by atoms with Crippen LogP contribution in [0.4, 0.5) is 35.7 Å². The van der Waals surface area contributed by atoms with Crippen molar-refractivity contribution in [2.24, 2.45) is 0 Å². The van der Waals surface area contributed by atoms with Gasteiger partial charge in [0, 0.05) is 42.3 Å². The van der Waals surface area contributed by atoms with E-state index in [1.807, 2.05) is 0 Å². The molecule has 0 radical (unpaired) electrons. The average molecular weight is 679 g/mol. The van der Waals surface area contributed by atoms with Crippen LogP contribution in [-0.4, -0.2) is 145 Å². The Bertz CT molecular complexity index is 1060. The normalized spacial score (nSPS) is 9.25. The van der Waals surface area contributed by atoms with Crippen LogP contribution in [0.3, 0.4) is 0 Å². The number of aromatic nitrogens is 12. The molecule has 264 valence electrons. The van der Waals surface area contributed by atoms with E-state index in [2.05, 4.69) is 91.7 Å². The van der Waals surface area contributed by atoms with Crippen LogP contribution in [0.25, 0.3) is 0 Å². The molecular weight excluding hydrogens is 636 g/mol. The highest BCUT2D eigenvalue weighted by atomic mass is 16.5. The highest BCUT2D eigenvalue weighted by Gasteiger charge is 2.07. The quantitative estimate of drug-likeness (QED) is 0.113. The Morgan fingerprint density at radius 2 is 0.396 bits per heavy atom. The number of rotatable bonds is 12. The number of methoxy groups -OCH3 is 6. The van der Waals surface area contributed by atoms with Gasteiger partial charge in [0.05, 0.1) is 42.7 Å². The van der Waals surface area contributed by atoms with E-state index in [1.54, 1.807) is 42.3 Å². The average Bonchev–Trinajstić information content (AvgIpc) is 3.17. The van der Waals surface area contributed by atoms with E-state index in [9.17, 15) is 0 Å². The lowest BCUT2D eigenvalue weighted by atomic mass is 10.8. The molecule has 0 atom stereocenters. The third kappa shape index (κ3) is 13.7. The Morgan fingerprint density at radius 3 is 0.583 bits per heavy atom. The first kappa shape index (κ1) is 39.7. The largest absolute Gasteiger partial charge is 0.467 e. The zero-order valence-corrected chi connectivity index (χ0v) is 28.8. The molecule has 0 amide bonds. The minimum Gasteiger partial charge on any atom is -0.467 e. The van der Waals surface area contributed by atoms with Crippen molar-refractivity contribution < 1.29 is 28.4 Å². The van der Waals surface area contributed by atoms with Crippen LogP contribution in [0.15, 0.2) is 0 Å². The third-order valence-corrected chi connectivity index (χ3v) is 4.86. The topological polar surface area (TPSA) is 282 Å². The molecule has 0 aliphatic rings. The van der Waals surface area contributed by atoms with Crippen molar-refractivity contribution in [2.75, 3.05) is 117 Å². The number of anilines is 6. The zero-order chi connectivity index (χ0) is 35.9. The van der Waals surface area contributed by atoms with Gasteiger partial charge in [0.15, 0.2) is 0 Å². The third-order valence-electron chi connectivity index (χ3n) is 4.86. The fourth-order valence-corrected chi connectivity index (χ4v) is 2.61. The number of ether oxygens (including phenoxy) is 6. The monoisotopic (exact) mass is 678 g/mol. The molecule has 0 spiro atoms. The number of hydrogen-bond acceptors (Lipinski definition) is 24. The summed E-state index contributed by atoms with van der Waals surface area (Å²) in [4.78, 5) is 46.8. The van der Waals surface area contributed by atoms with E-state index in [1.165, 1.54) is 42.7 Å². The molecule has 0 unspecified atom stereocenters. The molecule has 4 aromatic rings. The van der Waals surface area contributed by atoms with Crippen molar-refractivity contribution in [3.05, 3.63) is 0 Å². The summed E-state index contributed by atoms with van der Waals surface area (Å²) < 4.78 is 28.8. The molecule has 0 saturated carbocycles. The van der Waals surface area contributed by atoms with E-state index >= 15 is 0 Å². The molecule has 48 heavy (non-hydrogen) atoms. The van der Waals surface area contributed by atoms with Crippen molar-refractivity contribution >= 4 is 35.7 Å². The molecule has 6 N–H and O–H groups in total. The highest BCUT2D eigenvalue weighted by molar-refractivity contribution is 5.41. The summed E-state index contributed by atoms with van der Waals surface area (Å²) in [5.41, 5.74) is 0. The predicted octanol–water partition coefficient (Wildman–Crippen LogP) is -0.212. The Balaban J connectivity index is 0.000000320. The van der Waals surface area contributed by atoms with Gasteiger partial charge in [0.25, 0.3) is 0 Å². The lowest BCUT2D eigenvalue weighted by Gasteiger charge is -2.04. The summed E-state index contributed by atoms with van der Waals surface area (Å²) >= 11 is 0. The van der Waals surface area contributed by atoms with Crippen LogP contribution in [0.2, 0.25) is 0 Å². The van der Waals surface area contributed by atoms with Crippen LogP contribution in [-0.2, 0) is 0 Å². The standard InChI is InChI=1S/C6H12N6.C6H11N5O.C6H10N4O2.C6H9N3O3/c1-7-4-10-5(8-2)12-6(9-3)11-4;1-7-4-9-5(8-2)11-6(10-4)12-3;1-7-4-8-5(11-2)10-6(9-4)12-3;1-10-4-7-5(11-2)9-6(8-4)12-3/h1-3H3,(H3,7,8,9,10,11,12);1-3H3,(H2,7,8,9,10,11);1-3H3,(H,7,8,9,10);1-3H3. The van der Waals surface area contributed by atoms with E-state index in [0.717, 1.165) is 0 Å². The first-order valence-corrected chi connectivity index (χ1v) is 13.5. The second kappa shape index (κ2) is 22.2. The van der Waals surface area contributed by atoms with Crippen molar-refractivity contribution in [1.82, 2.24) is 59.8 Å². The molecule has 0 fully saturated rings. The smallest absolute Gasteiger partial charge is 0.325 e. The van der Waals surface area contributed by atoms with Gasteiger partial charge in [0.1, 0.15) is 0 Å². The molecule has 0 aliphatic heterocycles. The van der Waals surface area contributed by atoms with Gasteiger partial charge >= 0.3 is 36.1 Å². The van der Waals surface area contributed by atoms with Crippen LogP contribution in [0.5, 0.6) is 36.1 Å². The molecule has 0 bridgehead atoms. The van der Waals surface area contributed by atoms with Gasteiger partial charge in [-0.3, -0.25) is 0 Å². The zero-order valence-electron chi connectivity index (χ0n) is 28.8. The number of nitrogens with zero attached hydrogens (tertiary/aromatic N) is 12. The predicted molar refractivity (Wildman–Crippen MR) is 176 cm³/mol. The van der Waals surface area contributed by atoms with Crippen LogP contribution in [0.1, 0.15) is 0 Å². The van der Waals surface area contributed by atoms with Gasteiger partial charge in [-0.05, 0) is 0 Å². The maximum atomic E-state index is 4.86. The Hall–Kier alpha value is -6.36. The molecule has 24 heteroatoms. The van der Waals surface area contributed by atoms with Crippen molar-refractivity contribution in [2.45, 2.75) is 0 Å². The molecule has 0 aliphatic carbocycles. The lowest BCUT2D eigenvalue weighted by molar-refractivity contribution is 0.307. The van der Waals surface area contributed by atoms with E-state index < -0.39 is 0 Å². The number of hydrogen-bond donors (Lipinski definition) is 6. The van der Waals surface area contributed by atoms with E-state index in [-0.39, 0.29) is 30.1 Å². The molecule has 0 saturated heterocycles. The highest BCUT2D eigenvalue weighted by Crippen LogP contribution is 2.13. The van der Waals surface area contributed by atoms with Crippen molar-refractivity contribution in [1.29, 1.82) is 0 Å². The summed E-state index contributed by atoms with van der Waals surface area (Å²) in [6.07, 6.45) is 0. The van der Waals surface area contributed by atoms with Gasteiger partial charge in [-0.25, -0.2) is 0 Å². The van der Waals surface area contributed by atoms with Gasteiger partial charge in [-0.1, -0.05) is 0 Å². The van der Waals surface area contributed by atoms with E-state index in [4.69, 9.17) is 28.4 Å². The van der Waals surface area contributed by atoms with Crippen molar-refractivity contribution in [3.8, 4) is 36.1 Å². The molecule has 4 heterocycles. The van der Waals surface area contributed by atoms with Crippen molar-refractivity contribution in [3.63, 3.8) is 0 Å². The molecule has 4 aromatic heterocycles. The Labute approximate surface area is 277 Å². The molecule has 24 nitrogen and oxygen atoms in total. The summed E-state index contributed by atoms with van der Waals surface area (Å²) in [6.45, 7) is 0. The summed E-state index contributed by atoms with van der Waals surface area (Å²) in [7, 11) is 19.3. The minimum atomic E-state index is 0.165. The SMILES string of the molecule is CNc1nc(NC)nc(NC)n1.CNc1nc(NC)nc(OC)n1.CNc1nc(OC)nc(OC)n1.COc1nc(OC)nc(OC)n1. The lowest BCUT2D eigenvalue weighted by Crippen LogP contribution is -2.06. The maximum Gasteiger partial charge on any atom is 0.325 e. The molecule has 4 rings (SSSR count). The van der Waals surface area contributed by atoms with Crippen LogP contribution >= 0.6 is 0 Å². The summed E-state index contributed by atoms with van der Waals surface area (Å²) in [6, 6.07) is 1.24.